The highest BCUT2D eigenvalue weighted by atomic mass is 16.5. The molecule has 0 spiro atoms. The zero-order valence-electron chi connectivity index (χ0n) is 14.3. The highest BCUT2D eigenvalue weighted by Crippen LogP contribution is 2.29. The molecule has 1 unspecified atom stereocenters. The number of rotatable bonds is 7. The average Bonchev–Trinajstić information content (AvgIpc) is 3.31. The van der Waals surface area contributed by atoms with Crippen LogP contribution in [0.5, 0.6) is 0 Å². The highest BCUT2D eigenvalue weighted by molar-refractivity contribution is 5.32. The molecular weight excluding hydrogens is 328 g/mol. The molecule has 3 heterocycles. The molecule has 1 fully saturated rings. The zero-order chi connectivity index (χ0) is 17.9. The number of methoxy groups -OCH3 is 1. The van der Waals surface area contributed by atoms with E-state index in [1.807, 2.05) is 4.57 Å². The summed E-state index contributed by atoms with van der Waals surface area (Å²) >= 11 is 0. The van der Waals surface area contributed by atoms with E-state index in [2.05, 4.69) is 25.2 Å². The minimum absolute atomic E-state index is 0.217. The first kappa shape index (κ1) is 19.0. The van der Waals surface area contributed by atoms with Crippen LogP contribution in [0.4, 0.5) is 0 Å². The molecule has 0 bridgehead atoms. The standard InChI is InChI=1S/C14H22N6O2.CH2O2/c1-21-9-5-13-17-14(22-18-13)12-4-2-3-6-20(12)8-7-19-10-15-16-11-19;2-1-3/h10-12H,2-9H2,1H3;1H,(H,2,3). The Balaban J connectivity index is 0.000000701. The second kappa shape index (κ2) is 10.5. The van der Waals surface area contributed by atoms with Crippen molar-refractivity contribution in [2.24, 2.45) is 0 Å². The predicted molar refractivity (Wildman–Crippen MR) is 86.8 cm³/mol. The van der Waals surface area contributed by atoms with Gasteiger partial charge in [0.25, 0.3) is 6.47 Å². The Kier molecular flexibility index (Phi) is 7.99. The fourth-order valence-corrected chi connectivity index (χ4v) is 2.82. The van der Waals surface area contributed by atoms with Crippen LogP contribution in [0.25, 0.3) is 0 Å². The number of aromatic nitrogens is 5. The molecule has 3 rings (SSSR count). The van der Waals surface area contributed by atoms with E-state index >= 15 is 0 Å². The minimum atomic E-state index is -0.250. The third-order valence-electron chi connectivity index (χ3n) is 4.02. The lowest BCUT2D eigenvalue weighted by Crippen LogP contribution is -2.35. The molecule has 0 aromatic carbocycles. The van der Waals surface area contributed by atoms with Gasteiger partial charge in [-0.05, 0) is 19.4 Å². The number of hydrogen-bond acceptors (Lipinski definition) is 8. The van der Waals surface area contributed by atoms with Crippen molar-refractivity contribution in [2.75, 3.05) is 26.8 Å². The van der Waals surface area contributed by atoms with E-state index in [-0.39, 0.29) is 12.5 Å². The largest absolute Gasteiger partial charge is 0.483 e. The van der Waals surface area contributed by atoms with Gasteiger partial charge in [0, 0.05) is 26.6 Å². The molecule has 1 atom stereocenters. The van der Waals surface area contributed by atoms with Gasteiger partial charge in [0.05, 0.1) is 12.6 Å². The molecule has 1 aliphatic heterocycles. The summed E-state index contributed by atoms with van der Waals surface area (Å²) in [6.07, 6.45) is 7.65. The Hall–Kier alpha value is -2.33. The van der Waals surface area contributed by atoms with Gasteiger partial charge in [-0.2, -0.15) is 4.98 Å². The summed E-state index contributed by atoms with van der Waals surface area (Å²) in [7, 11) is 1.68. The second-order valence-corrected chi connectivity index (χ2v) is 5.64. The van der Waals surface area contributed by atoms with Crippen LogP contribution in [0.3, 0.4) is 0 Å². The monoisotopic (exact) mass is 352 g/mol. The van der Waals surface area contributed by atoms with Gasteiger partial charge in [-0.25, -0.2) is 0 Å². The third kappa shape index (κ3) is 5.91. The molecule has 1 aliphatic rings. The van der Waals surface area contributed by atoms with Crippen LogP contribution in [-0.4, -0.2) is 68.2 Å². The predicted octanol–water partition coefficient (Wildman–Crippen LogP) is 0.778. The van der Waals surface area contributed by atoms with Crippen LogP contribution >= 0.6 is 0 Å². The lowest BCUT2D eigenvalue weighted by Gasteiger charge is -2.33. The van der Waals surface area contributed by atoms with Gasteiger partial charge in [-0.15, -0.1) is 10.2 Å². The Morgan fingerprint density at radius 3 is 2.84 bits per heavy atom. The first-order valence-corrected chi connectivity index (χ1v) is 8.24. The summed E-state index contributed by atoms with van der Waals surface area (Å²) in [5, 5.41) is 18.6. The zero-order valence-corrected chi connectivity index (χ0v) is 14.3. The Bertz CT molecular complexity index is 603. The molecular formula is C15H24N6O4. The van der Waals surface area contributed by atoms with Crippen molar-refractivity contribution < 1.29 is 19.2 Å². The quantitative estimate of drug-likeness (QED) is 0.721. The Morgan fingerprint density at radius 1 is 1.36 bits per heavy atom. The van der Waals surface area contributed by atoms with E-state index in [4.69, 9.17) is 19.2 Å². The number of hydrogen-bond donors (Lipinski definition) is 1. The molecule has 2 aromatic heterocycles. The SMILES string of the molecule is COCCc1noc(C2CCCCN2CCn2cnnc2)n1.O=CO. The maximum atomic E-state index is 8.36. The number of carboxylic acid groups (broad SMARTS) is 1. The highest BCUT2D eigenvalue weighted by Gasteiger charge is 2.28. The average molecular weight is 352 g/mol. The van der Waals surface area contributed by atoms with Crippen molar-refractivity contribution in [3.8, 4) is 0 Å². The first-order chi connectivity index (χ1) is 12.3. The molecule has 10 nitrogen and oxygen atoms in total. The van der Waals surface area contributed by atoms with E-state index in [0.717, 1.165) is 37.8 Å². The van der Waals surface area contributed by atoms with Crippen molar-refractivity contribution in [1.29, 1.82) is 0 Å². The van der Waals surface area contributed by atoms with E-state index < -0.39 is 0 Å². The normalized spacial score (nSPS) is 17.7. The molecule has 0 saturated carbocycles. The van der Waals surface area contributed by atoms with Gasteiger partial charge < -0.3 is 18.9 Å². The van der Waals surface area contributed by atoms with Crippen molar-refractivity contribution >= 4 is 6.47 Å². The number of nitrogens with zero attached hydrogens (tertiary/aromatic N) is 6. The molecule has 0 aliphatic carbocycles. The van der Waals surface area contributed by atoms with Gasteiger partial charge in [0.1, 0.15) is 12.7 Å². The molecule has 1 N–H and O–H groups in total. The van der Waals surface area contributed by atoms with Crippen molar-refractivity contribution in [3.05, 3.63) is 24.4 Å². The molecule has 10 heteroatoms. The van der Waals surface area contributed by atoms with E-state index in [1.165, 1.54) is 12.8 Å². The number of likely N-dealkylation sites (tertiary alicyclic amines) is 1. The van der Waals surface area contributed by atoms with Gasteiger partial charge in [-0.3, -0.25) is 9.69 Å². The topological polar surface area (TPSA) is 119 Å². The van der Waals surface area contributed by atoms with Gasteiger partial charge in [0.2, 0.25) is 5.89 Å². The summed E-state index contributed by atoms with van der Waals surface area (Å²) in [5.41, 5.74) is 0. The fourth-order valence-electron chi connectivity index (χ4n) is 2.82. The lowest BCUT2D eigenvalue weighted by molar-refractivity contribution is -0.122. The fraction of sp³-hybridized carbons (Fsp3) is 0.667. The van der Waals surface area contributed by atoms with Crippen molar-refractivity contribution in [2.45, 2.75) is 38.3 Å². The maximum Gasteiger partial charge on any atom is 0.290 e. The molecule has 1 saturated heterocycles. The van der Waals surface area contributed by atoms with Gasteiger partial charge in [-0.1, -0.05) is 11.6 Å². The van der Waals surface area contributed by atoms with Gasteiger partial charge in [0.15, 0.2) is 5.82 Å². The summed E-state index contributed by atoms with van der Waals surface area (Å²) < 4.78 is 12.5. The minimum Gasteiger partial charge on any atom is -0.483 e. The van der Waals surface area contributed by atoms with Crippen LogP contribution in [0.2, 0.25) is 0 Å². The molecule has 2 aromatic rings. The summed E-state index contributed by atoms with van der Waals surface area (Å²) in [4.78, 5) is 15.3. The van der Waals surface area contributed by atoms with E-state index in [1.54, 1.807) is 19.8 Å². The first-order valence-electron chi connectivity index (χ1n) is 8.24. The smallest absolute Gasteiger partial charge is 0.290 e. The molecule has 0 amide bonds. The van der Waals surface area contributed by atoms with Crippen LogP contribution in [0, 0.1) is 0 Å². The van der Waals surface area contributed by atoms with Crippen LogP contribution in [0.15, 0.2) is 17.2 Å². The Labute approximate surface area is 145 Å². The van der Waals surface area contributed by atoms with Crippen LogP contribution in [-0.2, 0) is 22.5 Å². The summed E-state index contributed by atoms with van der Waals surface area (Å²) in [5.74, 6) is 1.45. The van der Waals surface area contributed by atoms with Crippen LogP contribution < -0.4 is 0 Å². The molecule has 0 radical (unpaired) electrons. The van der Waals surface area contributed by atoms with Crippen LogP contribution in [0.1, 0.15) is 37.0 Å². The number of carbonyl (C=O) groups is 1. The molecule has 25 heavy (non-hydrogen) atoms. The van der Waals surface area contributed by atoms with E-state index in [0.29, 0.717) is 13.0 Å². The lowest BCUT2D eigenvalue weighted by atomic mass is 10.0. The van der Waals surface area contributed by atoms with Gasteiger partial charge >= 0.3 is 0 Å². The van der Waals surface area contributed by atoms with Crippen molar-refractivity contribution in [1.82, 2.24) is 29.8 Å². The third-order valence-corrected chi connectivity index (χ3v) is 4.02. The molecule has 138 valence electrons. The number of piperidine rings is 1. The van der Waals surface area contributed by atoms with Crippen molar-refractivity contribution in [3.63, 3.8) is 0 Å². The number of ether oxygens (including phenoxy) is 1. The van der Waals surface area contributed by atoms with E-state index in [9.17, 15) is 0 Å². The summed E-state index contributed by atoms with van der Waals surface area (Å²) in [6.45, 7) is 3.22. The maximum absolute atomic E-state index is 8.36. The summed E-state index contributed by atoms with van der Waals surface area (Å²) in [6, 6.07) is 0.217. The Morgan fingerprint density at radius 2 is 2.12 bits per heavy atom. The second-order valence-electron chi connectivity index (χ2n) is 5.64.